The molecule has 0 aliphatic rings. The first-order valence-corrected chi connectivity index (χ1v) is 8.19. The number of hydrogen-bond donors (Lipinski definition) is 2. The highest BCUT2D eigenvalue weighted by Gasteiger charge is 2.14. The minimum absolute atomic E-state index is 0.351. The van der Waals surface area contributed by atoms with Crippen molar-refractivity contribution < 1.29 is 18.7 Å². The van der Waals surface area contributed by atoms with Crippen LogP contribution < -0.4 is 15.6 Å². The zero-order chi connectivity index (χ0) is 18.2. The van der Waals surface area contributed by atoms with Crippen LogP contribution in [0.3, 0.4) is 0 Å². The molecule has 2 aromatic rings. The van der Waals surface area contributed by atoms with Crippen molar-refractivity contribution in [2.24, 2.45) is 0 Å². The van der Waals surface area contributed by atoms with E-state index in [2.05, 4.69) is 26.8 Å². The molecule has 2 aromatic carbocycles. The van der Waals surface area contributed by atoms with E-state index in [9.17, 15) is 14.0 Å². The molecule has 25 heavy (non-hydrogen) atoms. The summed E-state index contributed by atoms with van der Waals surface area (Å²) in [4.78, 5) is 23.6. The number of carbonyl (C=O) groups excluding carboxylic acids is 2. The summed E-state index contributed by atoms with van der Waals surface area (Å²) in [6, 6.07) is 12.7. The van der Waals surface area contributed by atoms with Gasteiger partial charge in [-0.2, -0.15) is 0 Å². The molecule has 2 N–H and O–H groups in total. The molecule has 0 spiro atoms. The Morgan fingerprint density at radius 3 is 2.48 bits per heavy atom. The SMILES string of the molecule is C[C@H](Oc1ccc(F)cc1)C(=O)NNC(=O)/C=C/c1ccccc1Br. The molecule has 0 saturated heterocycles. The number of carbonyl (C=O) groups is 2. The normalized spacial score (nSPS) is 11.8. The van der Waals surface area contributed by atoms with Crippen LogP contribution in [0.1, 0.15) is 12.5 Å². The van der Waals surface area contributed by atoms with Crippen molar-refractivity contribution in [1.29, 1.82) is 0 Å². The first-order chi connectivity index (χ1) is 12.0. The quantitative estimate of drug-likeness (QED) is 0.591. The molecule has 2 rings (SSSR count). The monoisotopic (exact) mass is 406 g/mol. The minimum atomic E-state index is -0.863. The van der Waals surface area contributed by atoms with Crippen molar-refractivity contribution in [1.82, 2.24) is 10.9 Å². The molecule has 130 valence electrons. The molecular weight excluding hydrogens is 391 g/mol. The average Bonchev–Trinajstić information content (AvgIpc) is 2.60. The molecule has 0 radical (unpaired) electrons. The number of hydrogen-bond acceptors (Lipinski definition) is 3. The predicted octanol–water partition coefficient (Wildman–Crippen LogP) is 3.22. The van der Waals surface area contributed by atoms with Crippen molar-refractivity contribution >= 4 is 33.8 Å². The molecule has 0 aliphatic carbocycles. The highest BCUT2D eigenvalue weighted by molar-refractivity contribution is 9.10. The lowest BCUT2D eigenvalue weighted by Crippen LogP contribution is -2.46. The third-order valence-corrected chi connectivity index (χ3v) is 3.85. The number of nitrogens with one attached hydrogen (secondary N) is 2. The van der Waals surface area contributed by atoms with Gasteiger partial charge < -0.3 is 4.74 Å². The van der Waals surface area contributed by atoms with Crippen LogP contribution >= 0.6 is 15.9 Å². The Morgan fingerprint density at radius 2 is 1.80 bits per heavy atom. The van der Waals surface area contributed by atoms with Gasteiger partial charge in [0.2, 0.25) is 0 Å². The van der Waals surface area contributed by atoms with Crippen LogP contribution in [-0.2, 0) is 9.59 Å². The summed E-state index contributed by atoms with van der Waals surface area (Å²) >= 11 is 3.37. The van der Waals surface area contributed by atoms with Crippen LogP contribution in [0.5, 0.6) is 5.75 Å². The summed E-state index contributed by atoms with van der Waals surface area (Å²) in [7, 11) is 0. The van der Waals surface area contributed by atoms with Gasteiger partial charge in [-0.15, -0.1) is 0 Å². The molecule has 7 heteroatoms. The lowest BCUT2D eigenvalue weighted by molar-refractivity contribution is -0.131. The number of halogens is 2. The van der Waals surface area contributed by atoms with Gasteiger partial charge in [-0.3, -0.25) is 20.4 Å². The summed E-state index contributed by atoms with van der Waals surface area (Å²) in [5, 5.41) is 0. The van der Waals surface area contributed by atoms with Gasteiger partial charge in [-0.05, 0) is 48.9 Å². The van der Waals surface area contributed by atoms with Crippen molar-refractivity contribution in [2.45, 2.75) is 13.0 Å². The molecule has 0 saturated carbocycles. The second kappa shape index (κ2) is 8.98. The van der Waals surface area contributed by atoms with E-state index in [1.165, 1.54) is 37.3 Å². The van der Waals surface area contributed by atoms with Gasteiger partial charge in [-0.1, -0.05) is 34.1 Å². The number of rotatable bonds is 5. The van der Waals surface area contributed by atoms with Gasteiger partial charge >= 0.3 is 0 Å². The number of benzene rings is 2. The van der Waals surface area contributed by atoms with E-state index in [1.54, 1.807) is 6.08 Å². The van der Waals surface area contributed by atoms with Crippen LogP contribution in [0.4, 0.5) is 4.39 Å². The molecule has 0 unspecified atom stereocenters. The molecule has 1 atom stereocenters. The molecule has 0 bridgehead atoms. The molecule has 0 aromatic heterocycles. The van der Waals surface area contributed by atoms with Crippen molar-refractivity contribution in [2.75, 3.05) is 0 Å². The number of hydrazine groups is 1. The largest absolute Gasteiger partial charge is 0.481 e. The van der Waals surface area contributed by atoms with Crippen LogP contribution in [0.2, 0.25) is 0 Å². The van der Waals surface area contributed by atoms with Crippen molar-refractivity contribution in [3.8, 4) is 5.75 Å². The Kier molecular flexibility index (Phi) is 6.71. The molecule has 5 nitrogen and oxygen atoms in total. The van der Waals surface area contributed by atoms with Crippen LogP contribution in [0.15, 0.2) is 59.1 Å². The zero-order valence-electron chi connectivity index (χ0n) is 13.3. The standard InChI is InChI=1S/C18H16BrFN2O3/c1-12(25-15-9-7-14(20)8-10-15)18(24)22-21-17(23)11-6-13-4-2-3-5-16(13)19/h2-12H,1H3,(H,21,23)(H,22,24)/b11-6+/t12-/m0/s1. The summed E-state index contributed by atoms with van der Waals surface area (Å²) in [6.07, 6.45) is 2.05. The Labute approximate surface area is 153 Å². The van der Waals surface area contributed by atoms with Crippen molar-refractivity contribution in [3.05, 3.63) is 70.5 Å². The Hall–Kier alpha value is -2.67. The fraction of sp³-hybridized carbons (Fsp3) is 0.111. The fourth-order valence-electron chi connectivity index (χ4n) is 1.81. The fourth-order valence-corrected chi connectivity index (χ4v) is 2.23. The van der Waals surface area contributed by atoms with E-state index in [1.807, 2.05) is 24.3 Å². The van der Waals surface area contributed by atoms with Gasteiger partial charge in [0.05, 0.1) is 0 Å². The maximum atomic E-state index is 12.8. The van der Waals surface area contributed by atoms with Gasteiger partial charge in [0.1, 0.15) is 11.6 Å². The minimum Gasteiger partial charge on any atom is -0.481 e. The second-order valence-corrected chi connectivity index (χ2v) is 5.90. The van der Waals surface area contributed by atoms with Crippen LogP contribution in [0.25, 0.3) is 6.08 Å². The van der Waals surface area contributed by atoms with E-state index in [-0.39, 0.29) is 0 Å². The topological polar surface area (TPSA) is 67.4 Å². The van der Waals surface area contributed by atoms with Gasteiger partial charge in [0.25, 0.3) is 11.8 Å². The van der Waals surface area contributed by atoms with Gasteiger partial charge in [-0.25, -0.2) is 4.39 Å². The Morgan fingerprint density at radius 1 is 1.12 bits per heavy atom. The van der Waals surface area contributed by atoms with Gasteiger partial charge in [0.15, 0.2) is 6.10 Å². The van der Waals surface area contributed by atoms with Crippen LogP contribution in [-0.4, -0.2) is 17.9 Å². The van der Waals surface area contributed by atoms with E-state index in [0.29, 0.717) is 5.75 Å². The summed E-state index contributed by atoms with van der Waals surface area (Å²) in [5.74, 6) is -1.07. The average molecular weight is 407 g/mol. The molecule has 2 amide bonds. The molecular formula is C18H16BrFN2O3. The summed E-state index contributed by atoms with van der Waals surface area (Å²) in [6.45, 7) is 1.52. The highest BCUT2D eigenvalue weighted by Crippen LogP contribution is 2.17. The van der Waals surface area contributed by atoms with E-state index < -0.39 is 23.7 Å². The number of ether oxygens (including phenoxy) is 1. The zero-order valence-corrected chi connectivity index (χ0v) is 14.9. The van der Waals surface area contributed by atoms with Gasteiger partial charge in [0, 0.05) is 10.5 Å². The second-order valence-electron chi connectivity index (χ2n) is 5.05. The smallest absolute Gasteiger partial charge is 0.279 e. The van der Waals surface area contributed by atoms with E-state index in [0.717, 1.165) is 10.0 Å². The first kappa shape index (κ1) is 18.7. The maximum Gasteiger partial charge on any atom is 0.279 e. The lowest BCUT2D eigenvalue weighted by atomic mass is 10.2. The summed E-state index contributed by atoms with van der Waals surface area (Å²) in [5.41, 5.74) is 5.36. The van der Waals surface area contributed by atoms with E-state index >= 15 is 0 Å². The molecule has 0 heterocycles. The summed E-state index contributed by atoms with van der Waals surface area (Å²) < 4.78 is 19.0. The van der Waals surface area contributed by atoms with Crippen LogP contribution in [0, 0.1) is 5.82 Å². The predicted molar refractivity (Wildman–Crippen MR) is 96.0 cm³/mol. The number of amides is 2. The van der Waals surface area contributed by atoms with Crippen molar-refractivity contribution in [3.63, 3.8) is 0 Å². The highest BCUT2D eigenvalue weighted by atomic mass is 79.9. The maximum absolute atomic E-state index is 12.8. The Balaban J connectivity index is 1.81. The third-order valence-electron chi connectivity index (χ3n) is 3.12. The third kappa shape index (κ3) is 6.04. The lowest BCUT2D eigenvalue weighted by Gasteiger charge is -2.14. The molecule has 0 aliphatic heterocycles. The molecule has 0 fully saturated rings. The first-order valence-electron chi connectivity index (χ1n) is 7.40. The Bertz CT molecular complexity index is 778. The van der Waals surface area contributed by atoms with E-state index in [4.69, 9.17) is 4.74 Å².